The van der Waals surface area contributed by atoms with Crippen LogP contribution in [0.5, 0.6) is 0 Å². The minimum absolute atomic E-state index is 0.0629. The molecule has 2 aromatic heterocycles. The van der Waals surface area contributed by atoms with Gasteiger partial charge in [0.2, 0.25) is 5.91 Å². The molecule has 1 amide bonds. The third-order valence-electron chi connectivity index (χ3n) is 5.11. The largest absolute Gasteiger partial charge is 0.376 e. The van der Waals surface area contributed by atoms with E-state index in [9.17, 15) is 9.59 Å². The summed E-state index contributed by atoms with van der Waals surface area (Å²) in [5.41, 5.74) is 2.85. The van der Waals surface area contributed by atoms with Gasteiger partial charge in [0, 0.05) is 18.7 Å². The molecule has 8 heteroatoms. The van der Waals surface area contributed by atoms with Crippen LogP contribution in [-0.2, 0) is 22.5 Å². The van der Waals surface area contributed by atoms with Gasteiger partial charge >= 0.3 is 5.69 Å². The first-order chi connectivity index (χ1) is 14.0. The van der Waals surface area contributed by atoms with Crippen molar-refractivity contribution in [3.05, 3.63) is 45.3 Å². The number of aryl methyl sites for hydroxylation is 2. The topological polar surface area (TPSA) is 86.1 Å². The molecule has 4 rings (SSSR count). The second kappa shape index (κ2) is 8.42. The summed E-state index contributed by atoms with van der Waals surface area (Å²) in [5, 5.41) is 3.69. The number of thiazole rings is 1. The fourth-order valence-electron chi connectivity index (χ4n) is 3.52. The molecule has 1 aromatic carbocycles. The molecule has 0 spiro atoms. The van der Waals surface area contributed by atoms with Gasteiger partial charge in [-0.15, -0.1) is 11.3 Å². The zero-order chi connectivity index (χ0) is 20.4. The minimum atomic E-state index is -0.442. The summed E-state index contributed by atoms with van der Waals surface area (Å²) in [5.74, 6) is -0.225. The molecular formula is C21H24N4O3S. The summed E-state index contributed by atoms with van der Waals surface area (Å²) in [4.78, 5) is 34.8. The zero-order valence-electron chi connectivity index (χ0n) is 16.6. The lowest BCUT2D eigenvalue weighted by Crippen LogP contribution is -2.37. The number of amides is 1. The highest BCUT2D eigenvalue weighted by atomic mass is 32.1. The van der Waals surface area contributed by atoms with Crippen molar-refractivity contribution in [2.45, 2.75) is 45.8 Å². The van der Waals surface area contributed by atoms with E-state index >= 15 is 0 Å². The van der Waals surface area contributed by atoms with E-state index in [0.29, 0.717) is 22.6 Å². The molecule has 3 aromatic rings. The van der Waals surface area contributed by atoms with Crippen molar-refractivity contribution in [3.63, 3.8) is 0 Å². The first kappa shape index (κ1) is 19.7. The molecule has 0 radical (unpaired) electrons. The Bertz CT molecular complexity index is 1080. The maximum atomic E-state index is 12.8. The van der Waals surface area contributed by atoms with Gasteiger partial charge in [-0.1, -0.05) is 31.2 Å². The lowest BCUT2D eigenvalue weighted by molar-refractivity contribution is -0.122. The van der Waals surface area contributed by atoms with E-state index in [4.69, 9.17) is 4.74 Å². The van der Waals surface area contributed by atoms with Crippen LogP contribution in [0.25, 0.3) is 21.6 Å². The van der Waals surface area contributed by atoms with E-state index in [1.54, 1.807) is 0 Å². The number of benzene rings is 1. The van der Waals surface area contributed by atoms with E-state index in [2.05, 4.69) is 22.2 Å². The quantitative estimate of drug-likeness (QED) is 0.673. The Morgan fingerprint density at radius 1 is 1.31 bits per heavy atom. The van der Waals surface area contributed by atoms with Crippen molar-refractivity contribution in [1.82, 2.24) is 19.9 Å². The molecule has 0 saturated carbocycles. The summed E-state index contributed by atoms with van der Waals surface area (Å²) >= 11 is 1.40. The van der Waals surface area contributed by atoms with Crippen molar-refractivity contribution in [2.24, 2.45) is 0 Å². The number of hydrogen-bond acceptors (Lipinski definition) is 6. The van der Waals surface area contributed by atoms with E-state index in [0.717, 1.165) is 36.4 Å². The third kappa shape index (κ3) is 4.23. The van der Waals surface area contributed by atoms with Gasteiger partial charge in [-0.05, 0) is 31.7 Å². The van der Waals surface area contributed by atoms with Gasteiger partial charge in [-0.25, -0.2) is 9.78 Å². The number of ether oxygens (including phenoxy) is 1. The number of hydrogen-bond donors (Lipinski definition) is 1. The number of nitrogens with one attached hydrogen (secondary N) is 1. The standard InChI is InChI=1S/C21H24N4O3S/c1-3-14-6-8-15(9-7-14)18-19-20(29-13(2)23-19)25(21(27)24-18)12-17(26)22-11-16-5-4-10-28-16/h6-9,16H,3-5,10-12H2,1-2H3,(H,22,26). The van der Waals surface area contributed by atoms with Crippen molar-refractivity contribution in [2.75, 3.05) is 13.2 Å². The highest BCUT2D eigenvalue weighted by Crippen LogP contribution is 2.29. The fraction of sp³-hybridized carbons (Fsp3) is 0.429. The molecular weight excluding hydrogens is 388 g/mol. The summed E-state index contributed by atoms with van der Waals surface area (Å²) < 4.78 is 6.94. The van der Waals surface area contributed by atoms with Crippen LogP contribution < -0.4 is 11.0 Å². The fourth-order valence-corrected chi connectivity index (χ4v) is 4.43. The summed E-state index contributed by atoms with van der Waals surface area (Å²) in [6.07, 6.45) is 2.98. The lowest BCUT2D eigenvalue weighted by Gasteiger charge is -2.12. The number of fused-ring (bicyclic) bond motifs is 1. The van der Waals surface area contributed by atoms with Crippen molar-refractivity contribution in [1.29, 1.82) is 0 Å². The van der Waals surface area contributed by atoms with E-state index in [1.807, 2.05) is 31.2 Å². The number of nitrogens with zero attached hydrogens (tertiary/aromatic N) is 3. The van der Waals surface area contributed by atoms with Gasteiger partial charge in [0.1, 0.15) is 22.6 Å². The minimum Gasteiger partial charge on any atom is -0.376 e. The van der Waals surface area contributed by atoms with Crippen LogP contribution in [0.1, 0.15) is 30.3 Å². The average Bonchev–Trinajstić information content (AvgIpc) is 3.38. The normalized spacial score (nSPS) is 16.4. The van der Waals surface area contributed by atoms with Gasteiger partial charge in [-0.2, -0.15) is 4.98 Å². The smallest absolute Gasteiger partial charge is 0.349 e. The molecule has 152 valence electrons. The number of carbonyl (C=O) groups is 1. The molecule has 3 heterocycles. The predicted octanol–water partition coefficient (Wildman–Crippen LogP) is 2.69. The molecule has 1 aliphatic heterocycles. The molecule has 0 bridgehead atoms. The van der Waals surface area contributed by atoms with Crippen LogP contribution in [0.2, 0.25) is 0 Å². The maximum absolute atomic E-state index is 12.8. The summed E-state index contributed by atoms with van der Waals surface area (Å²) in [6, 6.07) is 8.00. The van der Waals surface area contributed by atoms with Crippen molar-refractivity contribution < 1.29 is 9.53 Å². The van der Waals surface area contributed by atoms with Gasteiger partial charge < -0.3 is 10.1 Å². The second-order valence-corrected chi connectivity index (χ2v) is 8.39. The Hall–Kier alpha value is -2.58. The van der Waals surface area contributed by atoms with Crippen LogP contribution in [-0.4, -0.2) is 39.7 Å². The average molecular weight is 413 g/mol. The van der Waals surface area contributed by atoms with Crippen LogP contribution >= 0.6 is 11.3 Å². The van der Waals surface area contributed by atoms with Gasteiger partial charge in [0.05, 0.1) is 11.1 Å². The number of aromatic nitrogens is 3. The monoisotopic (exact) mass is 412 g/mol. The molecule has 0 aliphatic carbocycles. The van der Waals surface area contributed by atoms with Crippen LogP contribution in [0.15, 0.2) is 29.1 Å². The van der Waals surface area contributed by atoms with Crippen molar-refractivity contribution >= 4 is 27.6 Å². The zero-order valence-corrected chi connectivity index (χ0v) is 17.4. The van der Waals surface area contributed by atoms with Gasteiger partial charge in [-0.3, -0.25) is 9.36 Å². The van der Waals surface area contributed by atoms with Crippen molar-refractivity contribution in [3.8, 4) is 11.3 Å². The SMILES string of the molecule is CCc1ccc(-c2nc(=O)n(CC(=O)NCC3CCCO3)c3sc(C)nc23)cc1. The molecule has 1 N–H and O–H groups in total. The van der Waals surface area contributed by atoms with Gasteiger partial charge in [0.15, 0.2) is 0 Å². The molecule has 1 saturated heterocycles. The van der Waals surface area contributed by atoms with Crippen LogP contribution in [0.3, 0.4) is 0 Å². The first-order valence-electron chi connectivity index (χ1n) is 9.90. The molecule has 1 atom stereocenters. The third-order valence-corrected chi connectivity index (χ3v) is 6.11. The Labute approximate surface area is 172 Å². The highest BCUT2D eigenvalue weighted by molar-refractivity contribution is 7.18. The van der Waals surface area contributed by atoms with E-state index in [1.165, 1.54) is 21.5 Å². The molecule has 29 heavy (non-hydrogen) atoms. The Morgan fingerprint density at radius 3 is 2.79 bits per heavy atom. The predicted molar refractivity (Wildman–Crippen MR) is 113 cm³/mol. The molecule has 1 fully saturated rings. The Kier molecular flexibility index (Phi) is 5.73. The molecule has 7 nitrogen and oxygen atoms in total. The summed E-state index contributed by atoms with van der Waals surface area (Å²) in [6.45, 7) is 5.12. The van der Waals surface area contributed by atoms with Crippen LogP contribution in [0.4, 0.5) is 0 Å². The number of rotatable bonds is 6. The van der Waals surface area contributed by atoms with Crippen LogP contribution in [0, 0.1) is 6.92 Å². The Balaban J connectivity index is 1.64. The van der Waals surface area contributed by atoms with Gasteiger partial charge in [0.25, 0.3) is 0 Å². The summed E-state index contributed by atoms with van der Waals surface area (Å²) in [7, 11) is 0. The number of carbonyl (C=O) groups excluding carboxylic acids is 1. The molecule has 1 unspecified atom stereocenters. The Morgan fingerprint density at radius 2 is 2.10 bits per heavy atom. The second-order valence-electron chi connectivity index (χ2n) is 7.21. The van der Waals surface area contributed by atoms with E-state index in [-0.39, 0.29) is 18.6 Å². The van der Waals surface area contributed by atoms with E-state index < -0.39 is 5.69 Å². The molecule has 1 aliphatic rings. The maximum Gasteiger partial charge on any atom is 0.349 e. The first-order valence-corrected chi connectivity index (χ1v) is 10.7. The lowest BCUT2D eigenvalue weighted by atomic mass is 10.1. The highest BCUT2D eigenvalue weighted by Gasteiger charge is 2.20.